The molecule has 1 amide bonds. The zero-order chi connectivity index (χ0) is 15.2. The highest BCUT2D eigenvalue weighted by molar-refractivity contribution is 6.35. The molecule has 6 heteroatoms. The third-order valence-corrected chi connectivity index (χ3v) is 3.37. The minimum absolute atomic E-state index is 0.0661. The number of amides is 1. The third kappa shape index (κ3) is 4.43. The Kier molecular flexibility index (Phi) is 5.56. The van der Waals surface area contributed by atoms with Gasteiger partial charge in [0.15, 0.2) is 0 Å². The lowest BCUT2D eigenvalue weighted by Gasteiger charge is -2.08. The van der Waals surface area contributed by atoms with Crippen molar-refractivity contribution in [1.82, 2.24) is 4.98 Å². The molecule has 110 valence electrons. The average Bonchev–Trinajstić information content (AvgIpc) is 2.45. The second-order valence-electron chi connectivity index (χ2n) is 4.45. The number of benzene rings is 1. The molecule has 0 spiro atoms. The van der Waals surface area contributed by atoms with Crippen molar-refractivity contribution in [2.75, 3.05) is 11.9 Å². The maximum Gasteiger partial charge on any atom is 0.258 e. The molecule has 0 aliphatic rings. The lowest BCUT2D eigenvalue weighted by molar-refractivity contribution is 0.102. The van der Waals surface area contributed by atoms with Gasteiger partial charge in [0, 0.05) is 12.3 Å². The van der Waals surface area contributed by atoms with Gasteiger partial charge in [0.1, 0.15) is 10.3 Å². The molecule has 2 rings (SSSR count). The first-order valence-corrected chi connectivity index (χ1v) is 7.19. The van der Waals surface area contributed by atoms with Gasteiger partial charge in [0.05, 0.1) is 5.56 Å². The summed E-state index contributed by atoms with van der Waals surface area (Å²) in [5.74, 6) is -0.344. The number of carbonyl (C=O) groups excluding carboxylic acids is 1. The van der Waals surface area contributed by atoms with Crippen LogP contribution >= 0.6 is 23.2 Å². The van der Waals surface area contributed by atoms with E-state index in [1.807, 2.05) is 18.2 Å². The van der Waals surface area contributed by atoms with Crippen LogP contribution in [0.15, 0.2) is 36.4 Å². The molecule has 21 heavy (non-hydrogen) atoms. The van der Waals surface area contributed by atoms with E-state index in [1.54, 1.807) is 6.07 Å². The first-order chi connectivity index (χ1) is 10.1. The van der Waals surface area contributed by atoms with Crippen molar-refractivity contribution in [3.8, 4) is 0 Å². The Balaban J connectivity index is 2.12. The van der Waals surface area contributed by atoms with Crippen molar-refractivity contribution in [2.45, 2.75) is 12.8 Å². The van der Waals surface area contributed by atoms with Gasteiger partial charge in [-0.05, 0) is 42.7 Å². The summed E-state index contributed by atoms with van der Waals surface area (Å²) in [6.07, 6.45) is 1.44. The first-order valence-electron chi connectivity index (χ1n) is 6.43. The molecule has 1 aromatic carbocycles. The normalized spacial score (nSPS) is 10.4. The zero-order valence-corrected chi connectivity index (χ0v) is 12.7. The van der Waals surface area contributed by atoms with Crippen LogP contribution in [0.1, 0.15) is 22.3 Å². The van der Waals surface area contributed by atoms with E-state index in [0.29, 0.717) is 12.1 Å². The molecule has 1 aromatic heterocycles. The lowest BCUT2D eigenvalue weighted by Crippen LogP contribution is -2.13. The summed E-state index contributed by atoms with van der Waals surface area (Å²) in [6.45, 7) is 0.142. The monoisotopic (exact) mass is 324 g/mol. The number of halogens is 2. The zero-order valence-electron chi connectivity index (χ0n) is 11.1. The largest absolute Gasteiger partial charge is 0.396 e. The van der Waals surface area contributed by atoms with E-state index in [9.17, 15) is 4.79 Å². The molecule has 0 aliphatic carbocycles. The highest BCUT2D eigenvalue weighted by Gasteiger charge is 2.12. The minimum atomic E-state index is -0.344. The number of aliphatic hydroxyl groups excluding tert-OH is 1. The molecule has 0 fully saturated rings. The molecule has 4 nitrogen and oxygen atoms in total. The van der Waals surface area contributed by atoms with E-state index >= 15 is 0 Å². The van der Waals surface area contributed by atoms with Crippen molar-refractivity contribution in [1.29, 1.82) is 0 Å². The van der Waals surface area contributed by atoms with E-state index in [-0.39, 0.29) is 28.4 Å². The fourth-order valence-electron chi connectivity index (χ4n) is 1.87. The number of aryl methyl sites for hydroxylation is 1. The number of aliphatic hydroxyl groups is 1. The van der Waals surface area contributed by atoms with Crippen molar-refractivity contribution in [3.05, 3.63) is 57.8 Å². The predicted molar refractivity (Wildman–Crippen MR) is 84.1 cm³/mol. The second kappa shape index (κ2) is 7.41. The van der Waals surface area contributed by atoms with Gasteiger partial charge in [0.25, 0.3) is 5.91 Å². The Hall–Kier alpha value is -1.62. The Morgan fingerprint density at radius 2 is 2.05 bits per heavy atom. The van der Waals surface area contributed by atoms with E-state index < -0.39 is 0 Å². The number of hydrogen-bond acceptors (Lipinski definition) is 3. The van der Waals surface area contributed by atoms with Crippen molar-refractivity contribution in [2.24, 2.45) is 0 Å². The second-order valence-corrected chi connectivity index (χ2v) is 5.20. The van der Waals surface area contributed by atoms with Crippen molar-refractivity contribution in [3.63, 3.8) is 0 Å². The number of hydrogen-bond donors (Lipinski definition) is 2. The van der Waals surface area contributed by atoms with Gasteiger partial charge in [-0.15, -0.1) is 0 Å². The van der Waals surface area contributed by atoms with E-state index in [0.717, 1.165) is 12.0 Å². The summed E-state index contributed by atoms with van der Waals surface area (Å²) in [6, 6.07) is 10.5. The van der Waals surface area contributed by atoms with Crippen LogP contribution in [0.25, 0.3) is 0 Å². The third-order valence-electron chi connectivity index (χ3n) is 2.87. The SMILES string of the molecule is O=C(Nc1cccc(CCCO)c1)c1ccc(Cl)nc1Cl. The highest BCUT2D eigenvalue weighted by Crippen LogP contribution is 2.19. The van der Waals surface area contributed by atoms with Crippen LogP contribution < -0.4 is 5.32 Å². The van der Waals surface area contributed by atoms with E-state index in [4.69, 9.17) is 28.3 Å². The van der Waals surface area contributed by atoms with Crippen LogP contribution in [-0.4, -0.2) is 22.6 Å². The molecule has 0 aliphatic heterocycles. The van der Waals surface area contributed by atoms with Crippen LogP contribution in [0.3, 0.4) is 0 Å². The van der Waals surface area contributed by atoms with Crippen LogP contribution in [0, 0.1) is 0 Å². The Morgan fingerprint density at radius 3 is 2.76 bits per heavy atom. The first kappa shape index (κ1) is 15.8. The van der Waals surface area contributed by atoms with Gasteiger partial charge in [-0.1, -0.05) is 35.3 Å². The van der Waals surface area contributed by atoms with Crippen LogP contribution in [0.2, 0.25) is 10.3 Å². The standard InChI is InChI=1S/C15H14Cl2N2O2/c16-13-7-6-12(14(17)19-13)15(21)18-11-5-1-3-10(9-11)4-2-8-20/h1,3,5-7,9,20H,2,4,8H2,(H,18,21). The summed E-state index contributed by atoms with van der Waals surface area (Å²) < 4.78 is 0. The number of pyridine rings is 1. The van der Waals surface area contributed by atoms with Crippen molar-refractivity contribution >= 4 is 34.8 Å². The Bertz CT molecular complexity index is 647. The molecular weight excluding hydrogens is 311 g/mol. The summed E-state index contributed by atoms with van der Waals surface area (Å²) in [5, 5.41) is 11.9. The lowest BCUT2D eigenvalue weighted by atomic mass is 10.1. The molecule has 0 saturated heterocycles. The average molecular weight is 325 g/mol. The minimum Gasteiger partial charge on any atom is -0.396 e. The van der Waals surface area contributed by atoms with Crippen LogP contribution in [0.4, 0.5) is 5.69 Å². The summed E-state index contributed by atoms with van der Waals surface area (Å²) in [4.78, 5) is 16.0. The predicted octanol–water partition coefficient (Wildman–Crippen LogP) is 3.57. The molecule has 1 heterocycles. The number of carbonyl (C=O) groups is 1. The molecule has 0 atom stereocenters. The maximum atomic E-state index is 12.2. The summed E-state index contributed by atoms with van der Waals surface area (Å²) >= 11 is 11.6. The maximum absolute atomic E-state index is 12.2. The number of nitrogens with one attached hydrogen (secondary N) is 1. The van der Waals surface area contributed by atoms with E-state index in [2.05, 4.69) is 10.3 Å². The summed E-state index contributed by atoms with van der Waals surface area (Å²) in [5.41, 5.74) is 1.98. The number of aromatic nitrogens is 1. The molecule has 0 radical (unpaired) electrons. The van der Waals surface area contributed by atoms with Gasteiger partial charge in [-0.25, -0.2) is 4.98 Å². The fraction of sp³-hybridized carbons (Fsp3) is 0.200. The fourth-order valence-corrected chi connectivity index (χ4v) is 2.30. The smallest absolute Gasteiger partial charge is 0.258 e. The number of nitrogens with zero attached hydrogens (tertiary/aromatic N) is 1. The molecule has 0 saturated carbocycles. The van der Waals surface area contributed by atoms with Gasteiger partial charge >= 0.3 is 0 Å². The van der Waals surface area contributed by atoms with Gasteiger partial charge in [0.2, 0.25) is 0 Å². The molecule has 2 N–H and O–H groups in total. The van der Waals surface area contributed by atoms with Crippen LogP contribution in [-0.2, 0) is 6.42 Å². The Labute approximate surface area is 132 Å². The van der Waals surface area contributed by atoms with Crippen molar-refractivity contribution < 1.29 is 9.90 Å². The highest BCUT2D eigenvalue weighted by atomic mass is 35.5. The number of anilines is 1. The molecule has 2 aromatic rings. The van der Waals surface area contributed by atoms with E-state index in [1.165, 1.54) is 12.1 Å². The Morgan fingerprint density at radius 1 is 1.24 bits per heavy atom. The van der Waals surface area contributed by atoms with Gasteiger partial charge in [-0.3, -0.25) is 4.79 Å². The molecule has 0 unspecified atom stereocenters. The van der Waals surface area contributed by atoms with Gasteiger partial charge < -0.3 is 10.4 Å². The quantitative estimate of drug-likeness (QED) is 0.826. The van der Waals surface area contributed by atoms with Gasteiger partial charge in [-0.2, -0.15) is 0 Å². The van der Waals surface area contributed by atoms with Crippen LogP contribution in [0.5, 0.6) is 0 Å². The topological polar surface area (TPSA) is 62.2 Å². The molecule has 0 bridgehead atoms. The molecular formula is C15H14Cl2N2O2. The summed E-state index contributed by atoms with van der Waals surface area (Å²) in [7, 11) is 0. The number of rotatable bonds is 5.